The zero-order valence-electron chi connectivity index (χ0n) is 10.1. The Kier molecular flexibility index (Phi) is 2.98. The van der Waals surface area contributed by atoms with E-state index >= 15 is 0 Å². The Balaban J connectivity index is 2.08. The highest BCUT2D eigenvalue weighted by molar-refractivity contribution is 5.90. The van der Waals surface area contributed by atoms with Gasteiger partial charge in [0.05, 0.1) is 11.2 Å². The summed E-state index contributed by atoms with van der Waals surface area (Å²) in [4.78, 5) is 7.95. The summed E-state index contributed by atoms with van der Waals surface area (Å²) in [6.07, 6.45) is 1.28. The fourth-order valence-corrected chi connectivity index (χ4v) is 1.85. The van der Waals surface area contributed by atoms with Crippen LogP contribution in [0, 0.1) is 17.5 Å². The average Bonchev–Trinajstić information content (AvgIpc) is 2.42. The Morgan fingerprint density at radius 3 is 2.40 bits per heavy atom. The van der Waals surface area contributed by atoms with Crippen molar-refractivity contribution in [1.29, 1.82) is 0 Å². The normalized spacial score (nSPS) is 10.8. The summed E-state index contributed by atoms with van der Waals surface area (Å²) in [5.41, 5.74) is 0.571. The molecule has 0 radical (unpaired) electrons. The number of nitrogens with zero attached hydrogens (tertiary/aromatic N) is 2. The maximum Gasteiger partial charge on any atom is 0.149 e. The van der Waals surface area contributed by atoms with Crippen molar-refractivity contribution in [2.45, 2.75) is 0 Å². The quantitative estimate of drug-likeness (QED) is 0.773. The zero-order valence-corrected chi connectivity index (χ0v) is 10.1. The molecule has 3 aromatic rings. The van der Waals surface area contributed by atoms with E-state index in [4.69, 9.17) is 0 Å². The predicted octanol–water partition coefficient (Wildman–Crippen LogP) is 3.79. The van der Waals surface area contributed by atoms with Crippen molar-refractivity contribution in [3.8, 4) is 0 Å². The van der Waals surface area contributed by atoms with Crippen LogP contribution in [0.15, 0.2) is 42.7 Å². The first-order valence-electron chi connectivity index (χ1n) is 5.76. The van der Waals surface area contributed by atoms with E-state index in [-0.39, 0.29) is 11.5 Å². The molecule has 0 spiro atoms. The monoisotopic (exact) mass is 275 g/mol. The second kappa shape index (κ2) is 4.80. The van der Waals surface area contributed by atoms with Crippen molar-refractivity contribution in [1.82, 2.24) is 9.97 Å². The number of hydrogen-bond donors (Lipinski definition) is 1. The third-order valence-electron chi connectivity index (χ3n) is 2.78. The summed E-state index contributed by atoms with van der Waals surface area (Å²) in [5, 5.41) is 3.12. The van der Waals surface area contributed by atoms with E-state index in [1.54, 1.807) is 0 Å². The minimum atomic E-state index is -0.756. The van der Waals surface area contributed by atoms with Gasteiger partial charge in [0.1, 0.15) is 29.6 Å². The van der Waals surface area contributed by atoms with Crippen molar-refractivity contribution >= 4 is 22.4 Å². The lowest BCUT2D eigenvalue weighted by atomic mass is 10.2. The maximum absolute atomic E-state index is 13.6. The maximum atomic E-state index is 13.6. The third kappa shape index (κ3) is 2.27. The molecule has 1 N–H and O–H groups in total. The lowest BCUT2D eigenvalue weighted by Crippen LogP contribution is -1.99. The molecule has 1 aromatic heterocycles. The van der Waals surface area contributed by atoms with Gasteiger partial charge in [0.25, 0.3) is 0 Å². The van der Waals surface area contributed by atoms with Crippen molar-refractivity contribution in [3.05, 3.63) is 60.2 Å². The van der Waals surface area contributed by atoms with Crippen LogP contribution < -0.4 is 5.32 Å². The summed E-state index contributed by atoms with van der Waals surface area (Å²) >= 11 is 0. The number of halogens is 3. The van der Waals surface area contributed by atoms with Gasteiger partial charge in [0, 0.05) is 11.5 Å². The smallest absolute Gasteiger partial charge is 0.149 e. The van der Waals surface area contributed by atoms with E-state index in [0.717, 1.165) is 12.1 Å². The Bertz CT molecular complexity index is 790. The molecule has 0 fully saturated rings. The summed E-state index contributed by atoms with van der Waals surface area (Å²) in [6, 6.07) is 7.15. The lowest BCUT2D eigenvalue weighted by molar-refractivity contribution is 0.586. The zero-order chi connectivity index (χ0) is 14.1. The lowest BCUT2D eigenvalue weighted by Gasteiger charge is -2.09. The largest absolute Gasteiger partial charge is 0.337 e. The first-order valence-corrected chi connectivity index (χ1v) is 5.76. The van der Waals surface area contributed by atoms with Crippen LogP contribution >= 0.6 is 0 Å². The number of nitrogens with one attached hydrogen (secondary N) is 1. The fourth-order valence-electron chi connectivity index (χ4n) is 1.85. The van der Waals surface area contributed by atoms with E-state index in [2.05, 4.69) is 15.3 Å². The predicted molar refractivity (Wildman–Crippen MR) is 69.1 cm³/mol. The molecule has 3 rings (SSSR count). The van der Waals surface area contributed by atoms with Crippen LogP contribution in [0.4, 0.5) is 24.7 Å². The van der Waals surface area contributed by atoms with E-state index in [0.29, 0.717) is 10.9 Å². The van der Waals surface area contributed by atoms with Gasteiger partial charge < -0.3 is 5.32 Å². The molecule has 0 saturated heterocycles. The summed E-state index contributed by atoms with van der Waals surface area (Å²) in [5.74, 6) is -1.63. The van der Waals surface area contributed by atoms with Crippen molar-refractivity contribution < 1.29 is 13.2 Å². The molecule has 0 bridgehead atoms. The van der Waals surface area contributed by atoms with Gasteiger partial charge in [-0.15, -0.1) is 0 Å². The molecule has 0 atom stereocenters. The number of hydrogen-bond acceptors (Lipinski definition) is 3. The molecule has 0 aliphatic rings. The van der Waals surface area contributed by atoms with Gasteiger partial charge in [-0.1, -0.05) is 0 Å². The summed E-state index contributed by atoms with van der Waals surface area (Å²) < 4.78 is 39.7. The van der Waals surface area contributed by atoms with Crippen LogP contribution in [0.5, 0.6) is 0 Å². The van der Waals surface area contributed by atoms with E-state index in [9.17, 15) is 13.2 Å². The number of rotatable bonds is 2. The topological polar surface area (TPSA) is 37.8 Å². The highest BCUT2D eigenvalue weighted by Crippen LogP contribution is 2.25. The molecule has 100 valence electrons. The van der Waals surface area contributed by atoms with Crippen molar-refractivity contribution in [3.63, 3.8) is 0 Å². The summed E-state index contributed by atoms with van der Waals surface area (Å²) in [7, 11) is 0. The van der Waals surface area contributed by atoms with Crippen LogP contribution in [-0.2, 0) is 0 Å². The van der Waals surface area contributed by atoms with Gasteiger partial charge in [0.15, 0.2) is 0 Å². The molecule has 0 unspecified atom stereocenters. The molecular weight excluding hydrogens is 267 g/mol. The molecule has 3 nitrogen and oxygen atoms in total. The van der Waals surface area contributed by atoms with Gasteiger partial charge in [-0.05, 0) is 30.3 Å². The highest BCUT2D eigenvalue weighted by atomic mass is 19.1. The Morgan fingerprint density at radius 2 is 1.60 bits per heavy atom. The van der Waals surface area contributed by atoms with Gasteiger partial charge in [0.2, 0.25) is 0 Å². The number of aromatic nitrogens is 2. The Labute approximate surface area is 112 Å². The fraction of sp³-hybridized carbons (Fsp3) is 0. The minimum Gasteiger partial charge on any atom is -0.337 e. The first kappa shape index (κ1) is 12.4. The van der Waals surface area contributed by atoms with Crippen molar-refractivity contribution in [2.75, 3.05) is 5.32 Å². The van der Waals surface area contributed by atoms with Crippen LogP contribution in [0.2, 0.25) is 0 Å². The third-order valence-corrected chi connectivity index (χ3v) is 2.78. The van der Waals surface area contributed by atoms with Crippen LogP contribution in [0.25, 0.3) is 10.9 Å². The molecule has 0 amide bonds. The van der Waals surface area contributed by atoms with E-state index in [1.807, 2.05) is 0 Å². The minimum absolute atomic E-state index is 0.0515. The van der Waals surface area contributed by atoms with Crippen LogP contribution in [0.1, 0.15) is 0 Å². The van der Waals surface area contributed by atoms with Gasteiger partial charge in [-0.3, -0.25) is 0 Å². The van der Waals surface area contributed by atoms with Crippen LogP contribution in [-0.4, -0.2) is 9.97 Å². The molecule has 2 aromatic carbocycles. The molecule has 0 saturated carbocycles. The number of fused-ring (bicyclic) bond motifs is 1. The summed E-state index contributed by atoms with van der Waals surface area (Å²) in [6.45, 7) is 0. The average molecular weight is 275 g/mol. The van der Waals surface area contributed by atoms with E-state index in [1.165, 1.54) is 30.6 Å². The van der Waals surface area contributed by atoms with Gasteiger partial charge in [-0.2, -0.15) is 0 Å². The first-order chi connectivity index (χ1) is 9.63. The SMILES string of the molecule is Fc1ccc(Nc2ncnc3ccc(F)cc23)c(F)c1. The highest BCUT2D eigenvalue weighted by Gasteiger charge is 2.08. The van der Waals surface area contributed by atoms with Gasteiger partial charge >= 0.3 is 0 Å². The molecule has 6 heteroatoms. The molecule has 1 heterocycles. The number of anilines is 2. The molecular formula is C14H8F3N3. The molecule has 0 aliphatic heterocycles. The number of benzene rings is 2. The standard InChI is InChI=1S/C14H8F3N3/c15-8-1-3-12-10(5-8)14(19-7-18-12)20-13-4-2-9(16)6-11(13)17/h1-7H,(H,18,19,20). The molecule has 20 heavy (non-hydrogen) atoms. The van der Waals surface area contributed by atoms with Crippen LogP contribution in [0.3, 0.4) is 0 Å². The van der Waals surface area contributed by atoms with Gasteiger partial charge in [-0.25, -0.2) is 23.1 Å². The molecule has 0 aliphatic carbocycles. The van der Waals surface area contributed by atoms with E-state index < -0.39 is 17.5 Å². The Morgan fingerprint density at radius 1 is 0.850 bits per heavy atom. The van der Waals surface area contributed by atoms with Crippen molar-refractivity contribution in [2.24, 2.45) is 0 Å². The second-order valence-corrected chi connectivity index (χ2v) is 4.13. The Hall–Kier alpha value is -2.63. The second-order valence-electron chi connectivity index (χ2n) is 4.13.